The van der Waals surface area contributed by atoms with Crippen LogP contribution in [0.2, 0.25) is 0 Å². The van der Waals surface area contributed by atoms with Gasteiger partial charge < -0.3 is 14.4 Å². The number of ether oxygens (including phenoxy) is 2. The zero-order chi connectivity index (χ0) is 20.3. The normalized spacial score (nSPS) is 23.9. The van der Waals surface area contributed by atoms with Gasteiger partial charge in [0, 0.05) is 28.0 Å². The Kier molecular flexibility index (Phi) is 6.09. The first-order valence-electron chi connectivity index (χ1n) is 10.6. The minimum Gasteiger partial charge on any atom is -0.377 e. The lowest BCUT2D eigenvalue weighted by molar-refractivity contribution is -0.546. The number of benzene rings is 1. The molecule has 5 rings (SSSR count). The lowest BCUT2D eigenvalue weighted by Crippen LogP contribution is -2.43. The van der Waals surface area contributed by atoms with Gasteiger partial charge >= 0.3 is 0 Å². The van der Waals surface area contributed by atoms with Crippen LogP contribution in [0.4, 0.5) is 5.00 Å². The van der Waals surface area contributed by atoms with Crippen molar-refractivity contribution in [1.82, 2.24) is 0 Å². The number of nitrogens with zero attached hydrogens (tertiary/aromatic N) is 2. The first kappa shape index (κ1) is 20.1. The maximum atomic E-state index is 5.63. The second-order valence-electron chi connectivity index (χ2n) is 7.73. The number of anilines is 1. The molecule has 3 aliphatic heterocycles. The van der Waals surface area contributed by atoms with Gasteiger partial charge in [0.2, 0.25) is 5.04 Å². The van der Waals surface area contributed by atoms with E-state index in [1.165, 1.54) is 31.0 Å². The van der Waals surface area contributed by atoms with E-state index in [1.807, 2.05) is 23.1 Å². The van der Waals surface area contributed by atoms with Crippen LogP contribution in [-0.4, -0.2) is 61.7 Å². The second-order valence-corrected chi connectivity index (χ2v) is 9.86. The molecule has 2 aromatic rings. The Morgan fingerprint density at radius 2 is 1.83 bits per heavy atom. The van der Waals surface area contributed by atoms with Crippen molar-refractivity contribution in [3.05, 3.63) is 70.0 Å². The lowest BCUT2D eigenvalue weighted by atomic mass is 10.0. The van der Waals surface area contributed by atoms with Crippen LogP contribution in [-0.2, 0) is 9.47 Å². The third kappa shape index (κ3) is 4.14. The van der Waals surface area contributed by atoms with Crippen LogP contribution >= 0.6 is 23.1 Å². The molecule has 0 aliphatic carbocycles. The van der Waals surface area contributed by atoms with Crippen molar-refractivity contribution in [2.45, 2.75) is 13.0 Å². The monoisotopic (exact) mass is 439 g/mol. The highest BCUT2D eigenvalue weighted by atomic mass is 32.2. The molecule has 2 fully saturated rings. The van der Waals surface area contributed by atoms with Crippen LogP contribution in [0.5, 0.6) is 0 Å². The third-order valence-corrected chi connectivity index (χ3v) is 8.02. The molecule has 1 atom stereocenters. The highest BCUT2D eigenvalue weighted by molar-refractivity contribution is 8.18. The molecule has 0 bridgehead atoms. The number of thiophene rings is 1. The molecule has 0 spiro atoms. The van der Waals surface area contributed by atoms with Crippen molar-refractivity contribution < 1.29 is 14.0 Å². The predicted molar refractivity (Wildman–Crippen MR) is 127 cm³/mol. The Balaban J connectivity index is 1.52. The van der Waals surface area contributed by atoms with Crippen LogP contribution in [0.1, 0.15) is 17.4 Å². The van der Waals surface area contributed by atoms with Crippen molar-refractivity contribution in [3.8, 4) is 0 Å². The Morgan fingerprint density at radius 3 is 2.63 bits per heavy atom. The predicted octanol–water partition coefficient (Wildman–Crippen LogP) is 4.48. The highest BCUT2D eigenvalue weighted by Gasteiger charge is 2.26. The van der Waals surface area contributed by atoms with Crippen LogP contribution in [0.3, 0.4) is 0 Å². The summed E-state index contributed by atoms with van der Waals surface area (Å²) >= 11 is 3.78. The van der Waals surface area contributed by atoms with Gasteiger partial charge in [-0.05, 0) is 42.5 Å². The van der Waals surface area contributed by atoms with Gasteiger partial charge in [-0.25, -0.2) is 4.58 Å². The van der Waals surface area contributed by atoms with E-state index in [9.17, 15) is 0 Å². The number of hydrogen-bond donors (Lipinski definition) is 0. The molecule has 0 amide bonds. The quantitative estimate of drug-likeness (QED) is 0.659. The summed E-state index contributed by atoms with van der Waals surface area (Å²) in [6.07, 6.45) is 4.56. The summed E-state index contributed by atoms with van der Waals surface area (Å²) in [5.74, 6) is 0. The standard InChI is InChI=1S/C24H27N2O2S2/c1-18-17-28-16-13-26(18)23-10-8-21(30-23)24(19-5-3-2-4-6-19)20-7-9-22(29-20)25-11-14-27-15-12-25/h2-10,18H,11-17H2,1H3/q+1. The van der Waals surface area contributed by atoms with Gasteiger partial charge in [0.1, 0.15) is 13.2 Å². The fraction of sp³-hybridized carbons (Fsp3) is 0.375. The second kappa shape index (κ2) is 9.10. The lowest BCUT2D eigenvalue weighted by Gasteiger charge is -2.34. The number of thioether (sulfide) groups is 1. The van der Waals surface area contributed by atoms with Gasteiger partial charge in [0.15, 0.2) is 13.1 Å². The summed E-state index contributed by atoms with van der Waals surface area (Å²) in [5, 5.41) is 2.67. The van der Waals surface area contributed by atoms with Gasteiger partial charge in [0.25, 0.3) is 0 Å². The maximum absolute atomic E-state index is 5.63. The summed E-state index contributed by atoms with van der Waals surface area (Å²) in [7, 11) is 0. The first-order chi connectivity index (χ1) is 14.8. The van der Waals surface area contributed by atoms with E-state index in [2.05, 4.69) is 71.0 Å². The minimum atomic E-state index is 0.417. The summed E-state index contributed by atoms with van der Waals surface area (Å²) in [5.41, 5.74) is 2.61. The maximum Gasteiger partial charge on any atom is 0.239 e. The largest absolute Gasteiger partial charge is 0.377 e. The molecule has 1 aromatic carbocycles. The summed E-state index contributed by atoms with van der Waals surface area (Å²) in [4.78, 5) is 5.13. The van der Waals surface area contributed by atoms with E-state index in [0.29, 0.717) is 6.04 Å². The molecule has 156 valence electrons. The number of allylic oxidation sites excluding steroid dienone is 1. The van der Waals surface area contributed by atoms with E-state index in [-0.39, 0.29) is 0 Å². The topological polar surface area (TPSA) is 24.7 Å². The van der Waals surface area contributed by atoms with Gasteiger partial charge in [-0.1, -0.05) is 30.3 Å². The van der Waals surface area contributed by atoms with Gasteiger partial charge in [-0.3, -0.25) is 0 Å². The average molecular weight is 440 g/mol. The highest BCUT2D eigenvalue weighted by Crippen LogP contribution is 2.42. The Bertz CT molecular complexity index is 986. The smallest absolute Gasteiger partial charge is 0.239 e. The number of rotatable bonds is 3. The van der Waals surface area contributed by atoms with Gasteiger partial charge in [0.05, 0.1) is 24.3 Å². The molecular formula is C24H27N2O2S2+. The zero-order valence-corrected chi connectivity index (χ0v) is 18.9. The fourth-order valence-electron chi connectivity index (χ4n) is 4.10. The molecule has 0 radical (unpaired) electrons. The van der Waals surface area contributed by atoms with E-state index >= 15 is 0 Å². The van der Waals surface area contributed by atoms with E-state index < -0.39 is 0 Å². The molecule has 0 saturated carbocycles. The Hall–Kier alpha value is -1.86. The Morgan fingerprint density at radius 1 is 1.00 bits per heavy atom. The molecule has 1 unspecified atom stereocenters. The Labute approximate surface area is 186 Å². The van der Waals surface area contributed by atoms with Crippen LogP contribution in [0, 0.1) is 0 Å². The van der Waals surface area contributed by atoms with Crippen molar-refractivity contribution in [2.24, 2.45) is 0 Å². The van der Waals surface area contributed by atoms with Crippen LogP contribution < -0.4 is 4.90 Å². The van der Waals surface area contributed by atoms with Crippen molar-refractivity contribution in [3.63, 3.8) is 0 Å². The molecular weight excluding hydrogens is 412 g/mol. The summed E-state index contributed by atoms with van der Waals surface area (Å²) < 4.78 is 13.6. The van der Waals surface area contributed by atoms with Crippen molar-refractivity contribution in [2.75, 3.05) is 51.0 Å². The molecule has 3 aliphatic rings. The first-order valence-corrected chi connectivity index (χ1v) is 12.2. The number of hydrogen-bond acceptors (Lipinski definition) is 5. The molecule has 0 N–H and O–H groups in total. The van der Waals surface area contributed by atoms with Crippen molar-refractivity contribution >= 4 is 38.7 Å². The zero-order valence-electron chi connectivity index (χ0n) is 17.3. The van der Waals surface area contributed by atoms with E-state index in [0.717, 1.165) is 46.1 Å². The van der Waals surface area contributed by atoms with Crippen molar-refractivity contribution in [1.29, 1.82) is 0 Å². The molecule has 1 aromatic heterocycles. The third-order valence-electron chi connectivity index (χ3n) is 5.71. The molecule has 4 heterocycles. The number of morpholine rings is 2. The van der Waals surface area contributed by atoms with Crippen LogP contribution in [0.25, 0.3) is 5.57 Å². The molecule has 2 saturated heterocycles. The van der Waals surface area contributed by atoms with Gasteiger partial charge in [-0.2, -0.15) is 0 Å². The molecule has 6 heteroatoms. The summed E-state index contributed by atoms with van der Waals surface area (Å²) in [6, 6.07) is 15.8. The van der Waals surface area contributed by atoms with Crippen LogP contribution in [0.15, 0.2) is 59.5 Å². The van der Waals surface area contributed by atoms with Gasteiger partial charge in [-0.15, -0.1) is 11.3 Å². The fourth-order valence-corrected chi connectivity index (χ4v) is 6.52. The molecule has 30 heavy (non-hydrogen) atoms. The minimum absolute atomic E-state index is 0.417. The average Bonchev–Trinajstić information content (AvgIpc) is 3.47. The van der Waals surface area contributed by atoms with E-state index in [1.54, 1.807) is 0 Å². The van der Waals surface area contributed by atoms with E-state index in [4.69, 9.17) is 9.47 Å². The molecule has 4 nitrogen and oxygen atoms in total. The summed E-state index contributed by atoms with van der Waals surface area (Å²) in [6.45, 7) is 8.38. The SMILES string of the molecule is CC1COCCN1c1ccc(C(=C2C=CC(=[N+]3CCOCC3)S2)c2ccccc2)s1.